The molecule has 0 spiro atoms. The third-order valence-corrected chi connectivity index (χ3v) is 2.31. The van der Waals surface area contributed by atoms with Crippen molar-refractivity contribution >= 4 is 22.5 Å². The number of hydrogen-bond acceptors (Lipinski definition) is 2. The standard InChI is InChI=1S/C11H10ClNO/c1-7-3-4-9-8(5-7)10(14-2)6-11(12)13-9/h3-6H,1-2H3. The molecule has 72 valence electrons. The van der Waals surface area contributed by atoms with E-state index in [1.807, 2.05) is 25.1 Å². The van der Waals surface area contributed by atoms with Gasteiger partial charge in [0.1, 0.15) is 10.9 Å². The van der Waals surface area contributed by atoms with Crippen LogP contribution in [0.1, 0.15) is 5.56 Å². The maximum Gasteiger partial charge on any atom is 0.133 e. The molecular formula is C11H10ClNO. The predicted molar refractivity (Wildman–Crippen MR) is 58.0 cm³/mol. The Balaban J connectivity index is 2.81. The summed E-state index contributed by atoms with van der Waals surface area (Å²) in [6.45, 7) is 2.04. The number of aromatic nitrogens is 1. The van der Waals surface area contributed by atoms with Crippen molar-refractivity contribution in [2.75, 3.05) is 7.11 Å². The Labute approximate surface area is 87.5 Å². The van der Waals surface area contributed by atoms with Crippen molar-refractivity contribution < 1.29 is 4.74 Å². The molecule has 2 rings (SSSR count). The zero-order valence-corrected chi connectivity index (χ0v) is 8.80. The van der Waals surface area contributed by atoms with E-state index in [4.69, 9.17) is 16.3 Å². The molecule has 0 radical (unpaired) electrons. The summed E-state index contributed by atoms with van der Waals surface area (Å²) in [7, 11) is 1.63. The highest BCUT2D eigenvalue weighted by atomic mass is 35.5. The summed E-state index contributed by atoms with van der Waals surface area (Å²) in [6, 6.07) is 7.71. The molecule has 14 heavy (non-hydrogen) atoms. The van der Waals surface area contributed by atoms with Crippen LogP contribution in [-0.2, 0) is 0 Å². The van der Waals surface area contributed by atoms with Crippen molar-refractivity contribution in [2.24, 2.45) is 0 Å². The van der Waals surface area contributed by atoms with Gasteiger partial charge in [0.25, 0.3) is 0 Å². The molecule has 0 aliphatic heterocycles. The van der Waals surface area contributed by atoms with E-state index >= 15 is 0 Å². The van der Waals surface area contributed by atoms with E-state index in [0.717, 1.165) is 16.7 Å². The summed E-state index contributed by atoms with van der Waals surface area (Å²) in [5.74, 6) is 0.767. The van der Waals surface area contributed by atoms with E-state index in [0.29, 0.717) is 5.15 Å². The number of methoxy groups -OCH3 is 1. The minimum Gasteiger partial charge on any atom is -0.496 e. The number of pyridine rings is 1. The maximum absolute atomic E-state index is 5.85. The molecule has 0 aliphatic rings. The molecule has 0 bridgehead atoms. The number of fused-ring (bicyclic) bond motifs is 1. The van der Waals surface area contributed by atoms with E-state index < -0.39 is 0 Å². The first-order chi connectivity index (χ1) is 6.70. The quantitative estimate of drug-likeness (QED) is 0.670. The molecule has 3 heteroatoms. The van der Waals surface area contributed by atoms with Crippen molar-refractivity contribution in [3.05, 3.63) is 35.0 Å². The molecular weight excluding hydrogens is 198 g/mol. The third kappa shape index (κ3) is 1.53. The van der Waals surface area contributed by atoms with Gasteiger partial charge in [0, 0.05) is 11.5 Å². The van der Waals surface area contributed by atoms with Crippen LogP contribution >= 0.6 is 11.6 Å². The molecule has 1 heterocycles. The molecule has 0 unspecified atom stereocenters. The van der Waals surface area contributed by atoms with E-state index in [9.17, 15) is 0 Å². The lowest BCUT2D eigenvalue weighted by molar-refractivity contribution is 0.419. The Kier molecular flexibility index (Phi) is 2.30. The molecule has 0 saturated heterocycles. The Morgan fingerprint density at radius 3 is 2.79 bits per heavy atom. The Morgan fingerprint density at radius 1 is 1.29 bits per heavy atom. The smallest absolute Gasteiger partial charge is 0.133 e. The van der Waals surface area contributed by atoms with Gasteiger partial charge in [-0.3, -0.25) is 0 Å². The summed E-state index contributed by atoms with van der Waals surface area (Å²) in [5, 5.41) is 1.45. The normalized spacial score (nSPS) is 10.5. The first-order valence-electron chi connectivity index (χ1n) is 4.31. The minimum atomic E-state index is 0.457. The second-order valence-electron chi connectivity index (χ2n) is 3.17. The van der Waals surface area contributed by atoms with Gasteiger partial charge in [-0.1, -0.05) is 23.2 Å². The second kappa shape index (κ2) is 3.46. The average Bonchev–Trinajstić information content (AvgIpc) is 2.17. The fourth-order valence-corrected chi connectivity index (χ4v) is 1.64. The molecule has 0 saturated carbocycles. The highest BCUT2D eigenvalue weighted by Gasteiger charge is 2.04. The number of halogens is 1. The molecule has 0 atom stereocenters. The lowest BCUT2D eigenvalue weighted by atomic mass is 10.1. The van der Waals surface area contributed by atoms with Gasteiger partial charge >= 0.3 is 0 Å². The fourth-order valence-electron chi connectivity index (χ4n) is 1.45. The van der Waals surface area contributed by atoms with Crippen LogP contribution < -0.4 is 4.74 Å². The molecule has 1 aromatic carbocycles. The largest absolute Gasteiger partial charge is 0.496 e. The first kappa shape index (κ1) is 9.28. The van der Waals surface area contributed by atoms with E-state index in [2.05, 4.69) is 4.98 Å². The van der Waals surface area contributed by atoms with Gasteiger partial charge in [0.15, 0.2) is 0 Å². The SMILES string of the molecule is COc1cc(Cl)nc2ccc(C)cc12. The van der Waals surface area contributed by atoms with Crippen LogP contribution in [0.5, 0.6) is 5.75 Å². The highest BCUT2D eigenvalue weighted by molar-refractivity contribution is 6.30. The van der Waals surface area contributed by atoms with Crippen molar-refractivity contribution in [1.82, 2.24) is 4.98 Å². The average molecular weight is 208 g/mol. The summed E-state index contributed by atoms with van der Waals surface area (Å²) in [5.41, 5.74) is 2.04. The van der Waals surface area contributed by atoms with Crippen LogP contribution in [0.2, 0.25) is 5.15 Å². The Bertz CT molecular complexity index is 482. The lowest BCUT2D eigenvalue weighted by Gasteiger charge is -2.06. The van der Waals surface area contributed by atoms with Crippen LogP contribution in [0.3, 0.4) is 0 Å². The van der Waals surface area contributed by atoms with Crippen LogP contribution in [0.4, 0.5) is 0 Å². The zero-order chi connectivity index (χ0) is 10.1. The molecule has 2 nitrogen and oxygen atoms in total. The predicted octanol–water partition coefficient (Wildman–Crippen LogP) is 3.21. The Hall–Kier alpha value is -1.28. The van der Waals surface area contributed by atoms with Crippen molar-refractivity contribution in [2.45, 2.75) is 6.92 Å². The highest BCUT2D eigenvalue weighted by Crippen LogP contribution is 2.27. The van der Waals surface area contributed by atoms with Gasteiger partial charge in [0.2, 0.25) is 0 Å². The number of aryl methyl sites for hydroxylation is 1. The van der Waals surface area contributed by atoms with Gasteiger partial charge in [-0.05, 0) is 19.1 Å². The zero-order valence-electron chi connectivity index (χ0n) is 8.04. The van der Waals surface area contributed by atoms with Gasteiger partial charge in [0.05, 0.1) is 12.6 Å². The van der Waals surface area contributed by atoms with Crippen LogP contribution in [0.15, 0.2) is 24.3 Å². The molecule has 2 aromatic rings. The number of ether oxygens (including phenoxy) is 1. The van der Waals surface area contributed by atoms with Crippen molar-refractivity contribution in [3.63, 3.8) is 0 Å². The molecule has 0 amide bonds. The van der Waals surface area contributed by atoms with Gasteiger partial charge in [-0.25, -0.2) is 4.98 Å². The van der Waals surface area contributed by atoms with Crippen molar-refractivity contribution in [3.8, 4) is 5.75 Å². The molecule has 0 fully saturated rings. The summed E-state index contributed by atoms with van der Waals surface area (Å²) >= 11 is 5.85. The van der Waals surface area contributed by atoms with Crippen LogP contribution in [-0.4, -0.2) is 12.1 Å². The number of rotatable bonds is 1. The second-order valence-corrected chi connectivity index (χ2v) is 3.56. The van der Waals surface area contributed by atoms with E-state index in [-0.39, 0.29) is 0 Å². The monoisotopic (exact) mass is 207 g/mol. The number of benzene rings is 1. The topological polar surface area (TPSA) is 22.1 Å². The first-order valence-corrected chi connectivity index (χ1v) is 4.69. The van der Waals surface area contributed by atoms with Gasteiger partial charge in [-0.15, -0.1) is 0 Å². The number of hydrogen-bond donors (Lipinski definition) is 0. The molecule has 1 aromatic heterocycles. The fraction of sp³-hybridized carbons (Fsp3) is 0.182. The molecule has 0 aliphatic carbocycles. The summed E-state index contributed by atoms with van der Waals surface area (Å²) < 4.78 is 5.24. The maximum atomic E-state index is 5.85. The van der Waals surface area contributed by atoms with Gasteiger partial charge < -0.3 is 4.74 Å². The number of nitrogens with zero attached hydrogens (tertiary/aromatic N) is 1. The summed E-state index contributed by atoms with van der Waals surface area (Å²) in [6.07, 6.45) is 0. The van der Waals surface area contributed by atoms with Crippen LogP contribution in [0.25, 0.3) is 10.9 Å². The minimum absolute atomic E-state index is 0.457. The van der Waals surface area contributed by atoms with E-state index in [1.165, 1.54) is 5.56 Å². The van der Waals surface area contributed by atoms with E-state index in [1.54, 1.807) is 13.2 Å². The van der Waals surface area contributed by atoms with Gasteiger partial charge in [-0.2, -0.15) is 0 Å². The van der Waals surface area contributed by atoms with Crippen LogP contribution in [0, 0.1) is 6.92 Å². The third-order valence-electron chi connectivity index (χ3n) is 2.11. The Morgan fingerprint density at radius 2 is 2.07 bits per heavy atom. The molecule has 0 N–H and O–H groups in total. The summed E-state index contributed by atoms with van der Waals surface area (Å²) in [4.78, 5) is 4.21. The lowest BCUT2D eigenvalue weighted by Crippen LogP contribution is -1.88. The van der Waals surface area contributed by atoms with Crippen molar-refractivity contribution in [1.29, 1.82) is 0 Å².